The zero-order chi connectivity index (χ0) is 20.8. The van der Waals surface area contributed by atoms with Crippen molar-refractivity contribution in [3.8, 4) is 5.75 Å². The van der Waals surface area contributed by atoms with Gasteiger partial charge in [0.2, 0.25) is 5.91 Å². The third kappa shape index (κ3) is 5.57. The molecule has 0 radical (unpaired) electrons. The average molecular weight is 399 g/mol. The lowest BCUT2D eigenvalue weighted by Gasteiger charge is -2.33. The molecule has 1 fully saturated rings. The van der Waals surface area contributed by atoms with Crippen molar-refractivity contribution >= 4 is 5.91 Å². The van der Waals surface area contributed by atoms with Crippen LogP contribution in [0.5, 0.6) is 5.75 Å². The normalized spacial score (nSPS) is 18.3. The van der Waals surface area contributed by atoms with Gasteiger partial charge in [0.05, 0.1) is 19.1 Å². The maximum absolute atomic E-state index is 13.1. The number of carbonyl (C=O) groups is 1. The standard InChI is InChI=1S/C24H31FN2O2/c1-4-22(19-9-12-23(29-3)17(2)14-19)26-24(28)20-6-5-13-27(16-20)15-18-7-10-21(25)11-8-18/h7-12,14,20,22H,4-6,13,15-16H2,1-3H3,(H,26,28)/t20-,22-/m0/s1. The van der Waals surface area contributed by atoms with Crippen molar-refractivity contribution < 1.29 is 13.9 Å². The molecule has 0 saturated carbocycles. The number of methoxy groups -OCH3 is 1. The Morgan fingerprint density at radius 2 is 2.03 bits per heavy atom. The molecule has 29 heavy (non-hydrogen) atoms. The third-order valence-corrected chi connectivity index (χ3v) is 5.74. The van der Waals surface area contributed by atoms with Crippen LogP contribution in [-0.2, 0) is 11.3 Å². The first-order chi connectivity index (χ1) is 14.0. The lowest BCUT2D eigenvalue weighted by molar-refractivity contribution is -0.127. The fourth-order valence-electron chi connectivity index (χ4n) is 4.09. The van der Waals surface area contributed by atoms with Crippen LogP contribution in [0.15, 0.2) is 42.5 Å². The number of aryl methyl sites for hydroxylation is 1. The highest BCUT2D eigenvalue weighted by Crippen LogP contribution is 2.26. The summed E-state index contributed by atoms with van der Waals surface area (Å²) in [6.45, 7) is 6.56. The molecule has 0 aromatic heterocycles. The van der Waals surface area contributed by atoms with Gasteiger partial charge in [-0.05, 0) is 67.6 Å². The van der Waals surface area contributed by atoms with Gasteiger partial charge in [0, 0.05) is 13.1 Å². The minimum Gasteiger partial charge on any atom is -0.496 e. The highest BCUT2D eigenvalue weighted by Gasteiger charge is 2.27. The summed E-state index contributed by atoms with van der Waals surface area (Å²) >= 11 is 0. The Kier molecular flexibility index (Phi) is 7.26. The molecule has 3 rings (SSSR count). The van der Waals surface area contributed by atoms with E-state index in [2.05, 4.69) is 23.2 Å². The molecule has 2 atom stereocenters. The molecule has 0 bridgehead atoms. The monoisotopic (exact) mass is 398 g/mol. The molecule has 0 aliphatic carbocycles. The summed E-state index contributed by atoms with van der Waals surface area (Å²) in [5.41, 5.74) is 3.26. The van der Waals surface area contributed by atoms with Crippen LogP contribution in [0.3, 0.4) is 0 Å². The molecule has 2 aromatic carbocycles. The molecular weight excluding hydrogens is 367 g/mol. The zero-order valence-corrected chi connectivity index (χ0v) is 17.6. The number of hydrogen-bond donors (Lipinski definition) is 1. The Hall–Kier alpha value is -2.40. The van der Waals surface area contributed by atoms with Crippen molar-refractivity contribution in [1.82, 2.24) is 10.2 Å². The van der Waals surface area contributed by atoms with Crippen LogP contribution in [-0.4, -0.2) is 31.0 Å². The lowest BCUT2D eigenvalue weighted by atomic mass is 9.95. The maximum atomic E-state index is 13.1. The number of benzene rings is 2. The van der Waals surface area contributed by atoms with E-state index in [-0.39, 0.29) is 23.7 Å². The first-order valence-electron chi connectivity index (χ1n) is 10.4. The van der Waals surface area contributed by atoms with E-state index in [9.17, 15) is 9.18 Å². The predicted molar refractivity (Wildman–Crippen MR) is 113 cm³/mol. The highest BCUT2D eigenvalue weighted by molar-refractivity contribution is 5.79. The van der Waals surface area contributed by atoms with Gasteiger partial charge in [0.25, 0.3) is 0 Å². The molecule has 0 unspecified atom stereocenters. The number of nitrogens with zero attached hydrogens (tertiary/aromatic N) is 1. The minimum absolute atomic E-state index is 0.000388. The van der Waals surface area contributed by atoms with Gasteiger partial charge < -0.3 is 10.1 Å². The van der Waals surface area contributed by atoms with Crippen molar-refractivity contribution in [3.05, 3.63) is 65.0 Å². The molecule has 2 aromatic rings. The second kappa shape index (κ2) is 9.88. The predicted octanol–water partition coefficient (Wildman–Crippen LogP) is 4.62. The van der Waals surface area contributed by atoms with Gasteiger partial charge in [-0.1, -0.05) is 31.2 Å². The van der Waals surface area contributed by atoms with Crippen molar-refractivity contribution in [2.45, 2.75) is 45.7 Å². The first-order valence-corrected chi connectivity index (χ1v) is 10.4. The van der Waals surface area contributed by atoms with E-state index in [1.54, 1.807) is 7.11 Å². The summed E-state index contributed by atoms with van der Waals surface area (Å²) < 4.78 is 18.5. The number of hydrogen-bond acceptors (Lipinski definition) is 3. The summed E-state index contributed by atoms with van der Waals surface area (Å²) in [4.78, 5) is 15.3. The van der Waals surface area contributed by atoms with E-state index in [1.165, 1.54) is 12.1 Å². The van der Waals surface area contributed by atoms with Gasteiger partial charge in [-0.25, -0.2) is 4.39 Å². The van der Waals surface area contributed by atoms with Crippen LogP contribution in [0.25, 0.3) is 0 Å². The molecule has 1 aliphatic rings. The SMILES string of the molecule is CC[C@H](NC(=O)[C@H]1CCCN(Cc2ccc(F)cc2)C1)c1ccc(OC)c(C)c1. The van der Waals surface area contributed by atoms with E-state index in [1.807, 2.05) is 31.2 Å². The summed E-state index contributed by atoms with van der Waals surface area (Å²) in [6, 6.07) is 12.7. The number of nitrogens with one attached hydrogen (secondary N) is 1. The van der Waals surface area contributed by atoms with Crippen LogP contribution < -0.4 is 10.1 Å². The Bertz CT molecular complexity index is 822. The van der Waals surface area contributed by atoms with Gasteiger partial charge in [-0.15, -0.1) is 0 Å². The molecule has 4 nitrogen and oxygen atoms in total. The Labute approximate surface area is 173 Å². The molecule has 1 amide bonds. The number of halogens is 1. The van der Waals surface area contributed by atoms with Crippen LogP contribution in [0.1, 0.15) is 48.9 Å². The van der Waals surface area contributed by atoms with Crippen molar-refractivity contribution in [3.63, 3.8) is 0 Å². The summed E-state index contributed by atoms with van der Waals surface area (Å²) in [6.07, 6.45) is 2.74. The van der Waals surface area contributed by atoms with E-state index in [4.69, 9.17) is 4.74 Å². The van der Waals surface area contributed by atoms with Gasteiger partial charge >= 0.3 is 0 Å². The van der Waals surface area contributed by atoms with Crippen LogP contribution in [0.4, 0.5) is 4.39 Å². The molecule has 1 saturated heterocycles. The second-order valence-corrected chi connectivity index (χ2v) is 7.90. The highest BCUT2D eigenvalue weighted by atomic mass is 19.1. The Balaban J connectivity index is 1.61. The molecule has 1 N–H and O–H groups in total. The number of likely N-dealkylation sites (tertiary alicyclic amines) is 1. The van der Waals surface area contributed by atoms with Crippen molar-refractivity contribution in [2.75, 3.05) is 20.2 Å². The van der Waals surface area contributed by atoms with Crippen LogP contribution in [0, 0.1) is 18.7 Å². The van der Waals surface area contributed by atoms with Gasteiger partial charge in [-0.3, -0.25) is 9.69 Å². The molecule has 156 valence electrons. The topological polar surface area (TPSA) is 41.6 Å². The van der Waals surface area contributed by atoms with Gasteiger partial charge in [0.1, 0.15) is 11.6 Å². The van der Waals surface area contributed by atoms with E-state index >= 15 is 0 Å². The molecular formula is C24H31FN2O2. The lowest BCUT2D eigenvalue weighted by Crippen LogP contribution is -2.43. The van der Waals surface area contributed by atoms with Gasteiger partial charge in [0.15, 0.2) is 0 Å². The van der Waals surface area contributed by atoms with Crippen molar-refractivity contribution in [1.29, 1.82) is 0 Å². The quantitative estimate of drug-likeness (QED) is 0.740. The summed E-state index contributed by atoms with van der Waals surface area (Å²) in [5.74, 6) is 0.745. The second-order valence-electron chi connectivity index (χ2n) is 7.90. The number of amides is 1. The van der Waals surface area contributed by atoms with E-state index in [0.717, 1.165) is 61.3 Å². The maximum Gasteiger partial charge on any atom is 0.224 e. The molecule has 1 heterocycles. The zero-order valence-electron chi connectivity index (χ0n) is 17.6. The van der Waals surface area contributed by atoms with Crippen LogP contribution >= 0.6 is 0 Å². The Morgan fingerprint density at radius 1 is 1.28 bits per heavy atom. The molecule has 0 spiro atoms. The summed E-state index contributed by atoms with van der Waals surface area (Å²) in [5, 5.41) is 3.25. The molecule has 5 heteroatoms. The van der Waals surface area contributed by atoms with Gasteiger partial charge in [-0.2, -0.15) is 0 Å². The minimum atomic E-state index is -0.218. The van der Waals surface area contributed by atoms with Crippen molar-refractivity contribution in [2.24, 2.45) is 5.92 Å². The van der Waals surface area contributed by atoms with E-state index < -0.39 is 0 Å². The van der Waals surface area contributed by atoms with E-state index in [0.29, 0.717) is 0 Å². The summed E-state index contributed by atoms with van der Waals surface area (Å²) in [7, 11) is 1.67. The largest absolute Gasteiger partial charge is 0.496 e. The first kappa shape index (κ1) is 21.3. The fraction of sp³-hybridized carbons (Fsp3) is 0.458. The number of ether oxygens (including phenoxy) is 1. The fourth-order valence-corrected chi connectivity index (χ4v) is 4.09. The molecule has 1 aliphatic heterocycles. The number of carbonyl (C=O) groups excluding carboxylic acids is 1. The smallest absolute Gasteiger partial charge is 0.224 e. The third-order valence-electron chi connectivity index (χ3n) is 5.74. The average Bonchev–Trinajstić information content (AvgIpc) is 2.73. The van der Waals surface area contributed by atoms with Crippen LogP contribution in [0.2, 0.25) is 0 Å². The number of piperidine rings is 1. The Morgan fingerprint density at radius 3 is 2.69 bits per heavy atom. The number of rotatable bonds is 7.